The zero-order chi connectivity index (χ0) is 10.6. The lowest BCUT2D eigenvalue weighted by Crippen LogP contribution is -2.16. The maximum atomic E-state index is 12.7. The topological polar surface area (TPSA) is 85.9 Å². The van der Waals surface area contributed by atoms with Gasteiger partial charge in [0.25, 0.3) is 0 Å². The van der Waals surface area contributed by atoms with Gasteiger partial charge in [-0.15, -0.1) is 0 Å². The molecule has 1 aromatic rings. The van der Waals surface area contributed by atoms with Gasteiger partial charge >= 0.3 is 7.32 Å². The van der Waals surface area contributed by atoms with E-state index in [9.17, 15) is 4.39 Å². The predicted octanol–water partition coefficient (Wildman–Crippen LogP) is 0.974. The van der Waals surface area contributed by atoms with Crippen LogP contribution in [0.2, 0.25) is 0 Å². The Morgan fingerprint density at radius 2 is 2.21 bits per heavy atom. The minimum atomic E-state index is -1.92. The second-order valence-electron chi connectivity index (χ2n) is 2.52. The molecule has 7 heteroatoms. The van der Waals surface area contributed by atoms with Gasteiger partial charge in [0.2, 0.25) is 0 Å². The van der Waals surface area contributed by atoms with E-state index in [4.69, 9.17) is 15.6 Å². The van der Waals surface area contributed by atoms with E-state index in [1.54, 1.807) is 0 Å². The van der Waals surface area contributed by atoms with Gasteiger partial charge < -0.3 is 14.7 Å². The van der Waals surface area contributed by atoms with E-state index in [2.05, 4.69) is 9.77 Å². The minimum Gasteiger partial charge on any atom is -0.402 e. The van der Waals surface area contributed by atoms with Gasteiger partial charge in [-0.05, 0) is 18.2 Å². The third kappa shape index (κ3) is 2.88. The van der Waals surface area contributed by atoms with Crippen molar-refractivity contribution in [3.05, 3.63) is 29.6 Å². The molecule has 0 saturated carbocycles. The molecule has 1 rings (SSSR count). The van der Waals surface area contributed by atoms with E-state index in [1.807, 2.05) is 0 Å². The maximum Gasteiger partial charge on any atom is 0.634 e. The highest BCUT2D eigenvalue weighted by molar-refractivity contribution is 6.32. The molecule has 0 amide bonds. The van der Waals surface area contributed by atoms with Gasteiger partial charge in [0.1, 0.15) is 5.82 Å². The summed E-state index contributed by atoms with van der Waals surface area (Å²) in [4.78, 5) is 0. The van der Waals surface area contributed by atoms with Gasteiger partial charge in [-0.2, -0.15) is 5.11 Å². The quantitative estimate of drug-likeness (QED) is 0.497. The molecule has 0 heterocycles. The molecule has 5 nitrogen and oxygen atoms in total. The molecule has 1 aromatic carbocycles. The average Bonchev–Trinajstić information content (AvgIpc) is 2.15. The van der Waals surface area contributed by atoms with Crippen molar-refractivity contribution in [1.29, 1.82) is 5.53 Å². The Kier molecular flexibility index (Phi) is 3.69. The summed E-state index contributed by atoms with van der Waals surface area (Å²) < 4.78 is 17.2. The molecule has 74 valence electrons. The second-order valence-corrected chi connectivity index (χ2v) is 2.52. The normalized spacial score (nSPS) is 9.93. The van der Waals surface area contributed by atoms with Crippen LogP contribution in [-0.2, 0) is 11.3 Å². The molecule has 0 fully saturated rings. The van der Waals surface area contributed by atoms with Crippen LogP contribution in [0.5, 0.6) is 0 Å². The van der Waals surface area contributed by atoms with Crippen molar-refractivity contribution in [3.8, 4) is 0 Å². The molecule has 0 aliphatic rings. The Morgan fingerprint density at radius 3 is 2.79 bits per heavy atom. The smallest absolute Gasteiger partial charge is 0.402 e. The summed E-state index contributed by atoms with van der Waals surface area (Å²) in [7, 11) is -1.92. The van der Waals surface area contributed by atoms with Crippen LogP contribution in [0.15, 0.2) is 23.3 Å². The number of benzene rings is 1. The van der Waals surface area contributed by atoms with E-state index < -0.39 is 13.1 Å². The van der Waals surface area contributed by atoms with Crippen molar-refractivity contribution >= 4 is 13.0 Å². The molecule has 0 saturated heterocycles. The summed E-state index contributed by atoms with van der Waals surface area (Å²) in [6.07, 6.45) is 0. The highest BCUT2D eigenvalue weighted by Gasteiger charge is 2.11. The summed E-state index contributed by atoms with van der Waals surface area (Å²) in [5.41, 5.74) is 7.28. The lowest BCUT2D eigenvalue weighted by Gasteiger charge is -2.05. The molecule has 0 aliphatic carbocycles. The van der Waals surface area contributed by atoms with Crippen molar-refractivity contribution in [2.24, 2.45) is 5.11 Å². The third-order valence-corrected chi connectivity index (χ3v) is 1.55. The van der Waals surface area contributed by atoms with E-state index in [-0.39, 0.29) is 17.9 Å². The predicted molar refractivity (Wildman–Crippen MR) is 46.2 cm³/mol. The molecule has 0 radical (unpaired) electrons. The van der Waals surface area contributed by atoms with Gasteiger partial charge in [-0.3, -0.25) is 0 Å². The van der Waals surface area contributed by atoms with Crippen molar-refractivity contribution < 1.29 is 19.1 Å². The lowest BCUT2D eigenvalue weighted by atomic mass is 10.1. The number of nitrogens with one attached hydrogen (secondary N) is 1. The average molecular weight is 198 g/mol. The van der Waals surface area contributed by atoms with Crippen LogP contribution in [0, 0.1) is 11.3 Å². The molecule has 0 bridgehead atoms. The monoisotopic (exact) mass is 198 g/mol. The Bertz CT molecular complexity index is 335. The van der Waals surface area contributed by atoms with Gasteiger partial charge in [0.05, 0.1) is 12.3 Å². The van der Waals surface area contributed by atoms with Crippen molar-refractivity contribution in [1.82, 2.24) is 0 Å². The zero-order valence-corrected chi connectivity index (χ0v) is 7.14. The Balaban J connectivity index is 2.82. The van der Waals surface area contributed by atoms with Crippen LogP contribution in [0.3, 0.4) is 0 Å². The molecular formula is C7H8BFN2O3. The fourth-order valence-electron chi connectivity index (χ4n) is 0.943. The van der Waals surface area contributed by atoms with E-state index in [0.717, 1.165) is 12.1 Å². The Hall–Kier alpha value is -1.31. The number of nitrogens with zero attached hydrogens (tertiary/aromatic N) is 1. The van der Waals surface area contributed by atoms with Crippen LogP contribution < -0.4 is 0 Å². The fraction of sp³-hybridized carbons (Fsp3) is 0.143. The Labute approximate surface area is 79.8 Å². The molecule has 0 aromatic heterocycles. The largest absolute Gasteiger partial charge is 0.634 e. The fourth-order valence-corrected chi connectivity index (χ4v) is 0.943. The third-order valence-electron chi connectivity index (χ3n) is 1.55. The summed E-state index contributed by atoms with van der Waals surface area (Å²) in [5.74, 6) is -0.497. The number of rotatable bonds is 4. The van der Waals surface area contributed by atoms with Gasteiger partial charge in [0.15, 0.2) is 0 Å². The van der Waals surface area contributed by atoms with E-state index in [1.165, 1.54) is 6.07 Å². The van der Waals surface area contributed by atoms with Crippen LogP contribution >= 0.6 is 0 Å². The first kappa shape index (κ1) is 10.8. The van der Waals surface area contributed by atoms with Crippen LogP contribution in [0.25, 0.3) is 0 Å². The summed E-state index contributed by atoms with van der Waals surface area (Å²) in [5, 5.41) is 19.9. The molecule has 0 atom stereocenters. The van der Waals surface area contributed by atoms with Gasteiger partial charge in [0, 0.05) is 5.56 Å². The first-order valence-electron chi connectivity index (χ1n) is 3.77. The van der Waals surface area contributed by atoms with Crippen LogP contribution in [0.4, 0.5) is 10.1 Å². The molecule has 0 unspecified atom stereocenters. The number of hydrogen-bond donors (Lipinski definition) is 3. The van der Waals surface area contributed by atoms with Crippen LogP contribution in [0.1, 0.15) is 5.56 Å². The summed E-state index contributed by atoms with van der Waals surface area (Å²) >= 11 is 0. The van der Waals surface area contributed by atoms with Crippen LogP contribution in [-0.4, -0.2) is 17.4 Å². The lowest BCUT2D eigenvalue weighted by molar-refractivity contribution is 0.177. The first-order valence-corrected chi connectivity index (χ1v) is 3.77. The van der Waals surface area contributed by atoms with E-state index >= 15 is 0 Å². The van der Waals surface area contributed by atoms with Crippen molar-refractivity contribution in [2.75, 3.05) is 0 Å². The number of halogens is 1. The van der Waals surface area contributed by atoms with Gasteiger partial charge in [-0.1, -0.05) is 0 Å². The van der Waals surface area contributed by atoms with E-state index in [0.29, 0.717) is 0 Å². The molecule has 0 spiro atoms. The maximum absolute atomic E-state index is 12.7. The van der Waals surface area contributed by atoms with Crippen molar-refractivity contribution in [2.45, 2.75) is 6.61 Å². The molecule has 3 N–H and O–H groups in total. The molecule has 0 aliphatic heterocycles. The molecule has 14 heavy (non-hydrogen) atoms. The highest BCUT2D eigenvalue weighted by Crippen LogP contribution is 2.20. The first-order chi connectivity index (χ1) is 6.63. The standard InChI is InChI=1S/C7H8BFN2O3/c9-6-1-2-7(11-10)5(3-6)4-14-8(12)13/h1-3,10,12-13H,4H2. The minimum absolute atomic E-state index is 0.215. The molecular weight excluding hydrogens is 190 g/mol. The zero-order valence-electron chi connectivity index (χ0n) is 7.14. The SMILES string of the molecule is N=Nc1ccc(F)cc1COB(O)O. The second kappa shape index (κ2) is 4.80. The summed E-state index contributed by atoms with van der Waals surface area (Å²) in [6, 6.07) is 3.59. The Morgan fingerprint density at radius 1 is 1.50 bits per heavy atom. The van der Waals surface area contributed by atoms with Crippen molar-refractivity contribution in [3.63, 3.8) is 0 Å². The number of hydrogen-bond acceptors (Lipinski definition) is 5. The highest BCUT2D eigenvalue weighted by atomic mass is 19.1. The van der Waals surface area contributed by atoms with Gasteiger partial charge in [-0.25, -0.2) is 9.92 Å². The summed E-state index contributed by atoms with van der Waals surface area (Å²) in [6.45, 7) is -0.215.